The van der Waals surface area contributed by atoms with Crippen molar-refractivity contribution < 1.29 is 38.5 Å². The highest BCUT2D eigenvalue weighted by Gasteiger charge is 2.61. The second-order valence-electron chi connectivity index (χ2n) is 17.6. The van der Waals surface area contributed by atoms with Gasteiger partial charge in [-0.25, -0.2) is 9.97 Å². The van der Waals surface area contributed by atoms with E-state index in [9.17, 15) is 24.3 Å². The average molecular weight is 794 g/mol. The molecule has 3 heterocycles. The van der Waals surface area contributed by atoms with Gasteiger partial charge in [0, 0.05) is 35.6 Å². The quantitative estimate of drug-likeness (QED) is 0.158. The summed E-state index contributed by atoms with van der Waals surface area (Å²) in [6.07, 6.45) is 3.15. The van der Waals surface area contributed by atoms with Crippen LogP contribution in [0.3, 0.4) is 0 Å². The molecule has 8 atom stereocenters. The van der Waals surface area contributed by atoms with Gasteiger partial charge < -0.3 is 24.2 Å². The number of rotatable bonds is 14. The Morgan fingerprint density at radius 3 is 2.36 bits per heavy atom. The minimum absolute atomic E-state index is 0.0668. The van der Waals surface area contributed by atoms with E-state index in [0.29, 0.717) is 63.5 Å². The van der Waals surface area contributed by atoms with Gasteiger partial charge in [-0.3, -0.25) is 19.2 Å². The van der Waals surface area contributed by atoms with Crippen LogP contribution in [0.1, 0.15) is 104 Å². The number of likely N-dealkylation sites (tertiary alicyclic amines) is 1. The highest BCUT2D eigenvalue weighted by molar-refractivity contribution is 7.10. The number of amides is 1. The maximum absolute atomic E-state index is 14.7. The molecule has 3 saturated carbocycles. The summed E-state index contributed by atoms with van der Waals surface area (Å²) in [6, 6.07) is 4.43. The first-order valence-corrected chi connectivity index (χ1v) is 20.8. The van der Waals surface area contributed by atoms with E-state index in [4.69, 9.17) is 35.8 Å². The highest BCUT2D eigenvalue weighted by Crippen LogP contribution is 2.58. The third-order valence-electron chi connectivity index (χ3n) is 12.4. The van der Waals surface area contributed by atoms with E-state index in [1.165, 1.54) is 18.4 Å². The molecule has 2 aromatic heterocycles. The number of benzene rings is 1. The fourth-order valence-corrected chi connectivity index (χ4v) is 10.0. The van der Waals surface area contributed by atoms with Crippen LogP contribution in [0.5, 0.6) is 11.5 Å². The SMILES string of the molecule is CCC1C[C@]1(CC(=O)[C@@H]1CC(Oc2cc(-c3csc(C(C)C)n3)nc3c(Cl)c(OC)ccc23)CN1C(=O)[C@@H](CC(=O)OC1C[C@@H]2C[C@@H]2C1)C(C)(C)C)C(=O)O. The topological polar surface area (TPSA) is 145 Å². The zero-order chi connectivity index (χ0) is 39.6. The number of carbonyl (C=O) groups is 4. The summed E-state index contributed by atoms with van der Waals surface area (Å²) in [4.78, 5) is 66.1. The average Bonchev–Trinajstić information content (AvgIpc) is 3.77. The predicted octanol–water partition coefficient (Wildman–Crippen LogP) is 8.35. The van der Waals surface area contributed by atoms with Gasteiger partial charge in [-0.1, -0.05) is 59.6 Å². The Hall–Kier alpha value is -3.77. The van der Waals surface area contributed by atoms with E-state index in [2.05, 4.69) is 13.8 Å². The molecule has 4 fully saturated rings. The number of carboxylic acids is 1. The van der Waals surface area contributed by atoms with Crippen molar-refractivity contribution in [3.8, 4) is 22.9 Å². The number of hydrogen-bond acceptors (Lipinski definition) is 10. The lowest BCUT2D eigenvalue weighted by Gasteiger charge is -2.35. The third-order valence-corrected chi connectivity index (χ3v) is 13.9. The number of carboxylic acid groups (broad SMARTS) is 1. The van der Waals surface area contributed by atoms with E-state index in [1.807, 2.05) is 45.2 Å². The molecule has 3 aromatic rings. The van der Waals surface area contributed by atoms with Crippen LogP contribution >= 0.6 is 22.9 Å². The van der Waals surface area contributed by atoms with Gasteiger partial charge in [-0.15, -0.1) is 11.3 Å². The lowest BCUT2D eigenvalue weighted by molar-refractivity contribution is -0.157. The zero-order valence-corrected chi connectivity index (χ0v) is 34.3. The zero-order valence-electron chi connectivity index (χ0n) is 32.7. The number of halogens is 1. The number of thiazole rings is 1. The van der Waals surface area contributed by atoms with E-state index in [-0.39, 0.29) is 55.4 Å². The second-order valence-corrected chi connectivity index (χ2v) is 18.8. The Balaban J connectivity index is 1.20. The Bertz CT molecular complexity index is 2000. The van der Waals surface area contributed by atoms with Crippen molar-refractivity contribution in [3.05, 3.63) is 33.6 Å². The molecule has 1 aromatic carbocycles. The smallest absolute Gasteiger partial charge is 0.310 e. The van der Waals surface area contributed by atoms with Gasteiger partial charge in [0.05, 0.1) is 53.7 Å². The van der Waals surface area contributed by atoms with E-state index >= 15 is 0 Å². The van der Waals surface area contributed by atoms with Gasteiger partial charge >= 0.3 is 11.9 Å². The molecule has 1 aliphatic heterocycles. The van der Waals surface area contributed by atoms with E-state index < -0.39 is 40.8 Å². The van der Waals surface area contributed by atoms with Crippen molar-refractivity contribution in [1.82, 2.24) is 14.9 Å². The molecule has 7 rings (SSSR count). The number of methoxy groups -OCH3 is 1. The standard InChI is InChI=1S/C42H52ClN3O8S/c1-8-24-17-42(24,40(50)51)18-32(47)31-14-26(19-46(31)39(49)28(41(4,5)6)15-35(48)54-25-12-22-11-23(22)13-25)53-34-16-29(30-20-55-38(45-30)21(2)3)44-37-27(34)9-10-33(52-7)36(37)43/h9-10,16,20-26,28,31H,8,11-15,17-19H2,1-7H3,(H,50,51)/t22-,23+,24?,25?,26?,28-,31+,42-/m1/s1. The normalized spacial score (nSPS) is 27.5. The van der Waals surface area contributed by atoms with Crippen LogP contribution in [0.15, 0.2) is 23.6 Å². The summed E-state index contributed by atoms with van der Waals surface area (Å²) in [5, 5.41) is 14.1. The fraction of sp³-hybridized carbons (Fsp3) is 0.619. The van der Waals surface area contributed by atoms with Crippen molar-refractivity contribution in [2.75, 3.05) is 13.7 Å². The summed E-state index contributed by atoms with van der Waals surface area (Å²) in [6.45, 7) is 11.9. The summed E-state index contributed by atoms with van der Waals surface area (Å²) >= 11 is 8.37. The molecular formula is C42H52ClN3O8S. The van der Waals surface area contributed by atoms with Gasteiger partial charge in [0.2, 0.25) is 5.91 Å². The number of ketones is 1. The van der Waals surface area contributed by atoms with Gasteiger partial charge in [0.15, 0.2) is 5.78 Å². The first-order chi connectivity index (χ1) is 26.0. The molecule has 55 heavy (non-hydrogen) atoms. The number of carbonyl (C=O) groups excluding carboxylic acids is 3. The largest absolute Gasteiger partial charge is 0.495 e. The van der Waals surface area contributed by atoms with Crippen LogP contribution in [0.4, 0.5) is 0 Å². The minimum atomic E-state index is -1.14. The predicted molar refractivity (Wildman–Crippen MR) is 209 cm³/mol. The van der Waals surface area contributed by atoms with E-state index in [1.54, 1.807) is 17.4 Å². The Kier molecular flexibility index (Phi) is 10.7. The number of fused-ring (bicyclic) bond motifs is 2. The molecule has 1 amide bonds. The van der Waals surface area contributed by atoms with Crippen molar-refractivity contribution in [2.45, 2.75) is 117 Å². The van der Waals surface area contributed by atoms with Gasteiger partial charge in [0.25, 0.3) is 0 Å². The summed E-state index contributed by atoms with van der Waals surface area (Å²) in [7, 11) is 1.53. The van der Waals surface area contributed by atoms with Crippen molar-refractivity contribution in [3.63, 3.8) is 0 Å². The van der Waals surface area contributed by atoms with Crippen LogP contribution < -0.4 is 9.47 Å². The Morgan fingerprint density at radius 2 is 1.76 bits per heavy atom. The minimum Gasteiger partial charge on any atom is -0.495 e. The fourth-order valence-electron chi connectivity index (χ4n) is 8.90. The monoisotopic (exact) mass is 793 g/mol. The lowest BCUT2D eigenvalue weighted by atomic mass is 9.77. The van der Waals surface area contributed by atoms with Crippen LogP contribution in [0, 0.1) is 34.5 Å². The van der Waals surface area contributed by atoms with Crippen LogP contribution in [-0.2, 0) is 23.9 Å². The number of esters is 1. The molecule has 4 aliphatic rings. The number of aromatic nitrogens is 2. The number of aliphatic carboxylic acids is 1. The van der Waals surface area contributed by atoms with Crippen molar-refractivity contribution in [2.24, 2.45) is 34.5 Å². The third kappa shape index (κ3) is 7.82. The number of Topliss-reactive ketones (excluding diaryl/α,β-unsaturated/α-hetero) is 1. The van der Waals surface area contributed by atoms with Crippen LogP contribution in [0.2, 0.25) is 5.02 Å². The number of ether oxygens (including phenoxy) is 3. The summed E-state index contributed by atoms with van der Waals surface area (Å²) in [5.74, 6) is -0.505. The molecule has 3 aliphatic carbocycles. The van der Waals surface area contributed by atoms with Crippen molar-refractivity contribution in [1.29, 1.82) is 0 Å². The molecule has 0 bridgehead atoms. The lowest BCUT2D eigenvalue weighted by Crippen LogP contribution is -2.48. The highest BCUT2D eigenvalue weighted by atomic mass is 35.5. The molecule has 0 spiro atoms. The van der Waals surface area contributed by atoms with Gasteiger partial charge in [0.1, 0.15) is 34.4 Å². The molecule has 1 saturated heterocycles. The molecule has 0 radical (unpaired) electrons. The molecular weight excluding hydrogens is 742 g/mol. The maximum Gasteiger partial charge on any atom is 0.310 e. The molecule has 11 nitrogen and oxygen atoms in total. The van der Waals surface area contributed by atoms with Crippen molar-refractivity contribution >= 4 is 57.5 Å². The molecule has 1 N–H and O–H groups in total. The molecule has 13 heteroatoms. The first-order valence-electron chi connectivity index (χ1n) is 19.6. The first kappa shape index (κ1) is 39.5. The summed E-state index contributed by atoms with van der Waals surface area (Å²) in [5.41, 5.74) is -0.101. The van der Waals surface area contributed by atoms with Gasteiger partial charge in [-0.2, -0.15) is 0 Å². The maximum atomic E-state index is 14.7. The Labute approximate surface area is 331 Å². The molecule has 3 unspecified atom stereocenters. The summed E-state index contributed by atoms with van der Waals surface area (Å²) < 4.78 is 18.1. The van der Waals surface area contributed by atoms with Gasteiger partial charge in [-0.05, 0) is 61.0 Å². The second kappa shape index (κ2) is 15.0. The Morgan fingerprint density at radius 1 is 1.04 bits per heavy atom. The van der Waals surface area contributed by atoms with E-state index in [0.717, 1.165) is 17.8 Å². The van der Waals surface area contributed by atoms with Crippen LogP contribution in [0.25, 0.3) is 22.3 Å². The van der Waals surface area contributed by atoms with Crippen LogP contribution in [-0.4, -0.2) is 75.5 Å². The number of hydrogen-bond donors (Lipinski definition) is 1. The number of nitrogens with zero attached hydrogens (tertiary/aromatic N) is 3. The molecule has 296 valence electrons. The number of pyridine rings is 1.